The minimum atomic E-state index is -0.250. The number of ether oxygens (including phenoxy) is 1. The third kappa shape index (κ3) is 4.26. The van der Waals surface area contributed by atoms with Gasteiger partial charge in [0.25, 0.3) is 0 Å². The van der Waals surface area contributed by atoms with Crippen molar-refractivity contribution in [1.29, 1.82) is 0 Å². The van der Waals surface area contributed by atoms with Crippen molar-refractivity contribution in [2.75, 3.05) is 7.11 Å². The second-order valence-corrected chi connectivity index (χ2v) is 9.08. The second kappa shape index (κ2) is 7.50. The minimum Gasteiger partial charge on any atom is -0.465 e. The van der Waals surface area contributed by atoms with E-state index in [9.17, 15) is 4.79 Å². The summed E-state index contributed by atoms with van der Waals surface area (Å²) < 4.78 is 4.89. The molecule has 2 nitrogen and oxygen atoms in total. The highest BCUT2D eigenvalue weighted by Gasteiger charge is 2.31. The lowest BCUT2D eigenvalue weighted by molar-refractivity contribution is 0.0600. The Morgan fingerprint density at radius 2 is 1.93 bits per heavy atom. The first-order chi connectivity index (χ1) is 12.8. The summed E-state index contributed by atoms with van der Waals surface area (Å²) in [5.41, 5.74) is 6.62. The minimum absolute atomic E-state index is 0.214. The molecular formula is C25H32O2. The lowest BCUT2D eigenvalue weighted by Crippen LogP contribution is -2.28. The predicted molar refractivity (Wildman–Crippen MR) is 111 cm³/mol. The number of benzene rings is 2. The summed E-state index contributed by atoms with van der Waals surface area (Å²) in [6.07, 6.45) is 5.47. The van der Waals surface area contributed by atoms with E-state index in [2.05, 4.69) is 58.0 Å². The number of carbonyl (C=O) groups excluding carboxylic acids is 1. The number of aryl methyl sites for hydroxylation is 1. The Morgan fingerprint density at radius 1 is 1.15 bits per heavy atom. The highest BCUT2D eigenvalue weighted by molar-refractivity contribution is 5.89. The Morgan fingerprint density at radius 3 is 2.63 bits per heavy atom. The van der Waals surface area contributed by atoms with E-state index in [1.54, 1.807) is 0 Å². The molecular weight excluding hydrogens is 332 g/mol. The third-order valence-electron chi connectivity index (χ3n) is 6.47. The summed E-state index contributed by atoms with van der Waals surface area (Å²) in [5.74, 6) is -0.250. The molecule has 0 aliphatic heterocycles. The van der Waals surface area contributed by atoms with Crippen molar-refractivity contribution in [3.8, 4) is 0 Å². The van der Waals surface area contributed by atoms with E-state index in [1.807, 2.05) is 12.1 Å². The number of esters is 1. The molecule has 0 heterocycles. The summed E-state index contributed by atoms with van der Waals surface area (Å²) in [6, 6.07) is 15.2. The highest BCUT2D eigenvalue weighted by Crippen LogP contribution is 2.39. The van der Waals surface area contributed by atoms with Crippen LogP contribution in [-0.4, -0.2) is 13.1 Å². The molecule has 2 heteroatoms. The van der Waals surface area contributed by atoms with Gasteiger partial charge in [0.1, 0.15) is 0 Å². The SMILES string of the molecule is CCC(C)(C)c1cccc(CC2(C)CCc3ccc(C(=O)OC)cc3C2)c1. The maximum atomic E-state index is 11.9. The van der Waals surface area contributed by atoms with Crippen LogP contribution < -0.4 is 0 Å². The van der Waals surface area contributed by atoms with Gasteiger partial charge >= 0.3 is 5.97 Å². The maximum Gasteiger partial charge on any atom is 0.337 e. The molecule has 3 rings (SSSR count). The van der Waals surface area contributed by atoms with Gasteiger partial charge in [0.15, 0.2) is 0 Å². The molecule has 0 bridgehead atoms. The normalized spacial score (nSPS) is 19.4. The van der Waals surface area contributed by atoms with Crippen molar-refractivity contribution in [3.05, 3.63) is 70.3 Å². The van der Waals surface area contributed by atoms with Crippen molar-refractivity contribution in [2.45, 2.75) is 65.2 Å². The van der Waals surface area contributed by atoms with E-state index < -0.39 is 0 Å². The second-order valence-electron chi connectivity index (χ2n) is 9.08. The van der Waals surface area contributed by atoms with Crippen LogP contribution in [0.2, 0.25) is 0 Å². The largest absolute Gasteiger partial charge is 0.465 e. The average Bonchev–Trinajstić information content (AvgIpc) is 2.66. The first-order valence-electron chi connectivity index (χ1n) is 10.1. The number of fused-ring (bicyclic) bond motifs is 1. The lowest BCUT2D eigenvalue weighted by Gasteiger charge is -2.36. The quantitative estimate of drug-likeness (QED) is 0.618. The highest BCUT2D eigenvalue weighted by atomic mass is 16.5. The summed E-state index contributed by atoms with van der Waals surface area (Å²) >= 11 is 0. The molecule has 0 amide bonds. The van der Waals surface area contributed by atoms with Crippen molar-refractivity contribution in [2.24, 2.45) is 5.41 Å². The van der Waals surface area contributed by atoms with Crippen molar-refractivity contribution < 1.29 is 9.53 Å². The number of hydrogen-bond acceptors (Lipinski definition) is 2. The predicted octanol–water partition coefficient (Wildman–Crippen LogP) is 5.90. The molecule has 0 aromatic heterocycles. The number of hydrogen-bond donors (Lipinski definition) is 0. The van der Waals surface area contributed by atoms with Gasteiger partial charge < -0.3 is 4.74 Å². The fourth-order valence-electron chi connectivity index (χ4n) is 4.21. The molecule has 0 fully saturated rings. The molecule has 0 radical (unpaired) electrons. The van der Waals surface area contributed by atoms with Crippen molar-refractivity contribution in [1.82, 2.24) is 0 Å². The molecule has 0 spiro atoms. The Hall–Kier alpha value is -2.09. The average molecular weight is 365 g/mol. The maximum absolute atomic E-state index is 11.9. The van der Waals surface area contributed by atoms with E-state index in [-0.39, 0.29) is 16.8 Å². The van der Waals surface area contributed by atoms with Crippen LogP contribution in [0.25, 0.3) is 0 Å². The number of carbonyl (C=O) groups is 1. The molecule has 1 atom stereocenters. The molecule has 2 aromatic carbocycles. The first kappa shape index (κ1) is 19.7. The molecule has 1 unspecified atom stereocenters. The van der Waals surface area contributed by atoms with Gasteiger partial charge in [-0.3, -0.25) is 0 Å². The summed E-state index contributed by atoms with van der Waals surface area (Å²) in [7, 11) is 1.44. The molecule has 2 aromatic rings. The van der Waals surface area contributed by atoms with E-state index in [4.69, 9.17) is 4.74 Å². The van der Waals surface area contributed by atoms with Gasteiger partial charge in [-0.25, -0.2) is 4.79 Å². The molecule has 0 saturated carbocycles. The van der Waals surface area contributed by atoms with Gasteiger partial charge in [-0.15, -0.1) is 0 Å². The summed E-state index contributed by atoms with van der Waals surface area (Å²) in [4.78, 5) is 11.9. The van der Waals surface area contributed by atoms with Gasteiger partial charge in [-0.1, -0.05) is 58.0 Å². The van der Waals surface area contributed by atoms with Crippen LogP contribution in [0.15, 0.2) is 42.5 Å². The monoisotopic (exact) mass is 364 g/mol. The molecule has 1 aliphatic carbocycles. The first-order valence-corrected chi connectivity index (χ1v) is 10.1. The van der Waals surface area contributed by atoms with Crippen LogP contribution in [0.4, 0.5) is 0 Å². The zero-order valence-corrected chi connectivity index (χ0v) is 17.4. The lowest BCUT2D eigenvalue weighted by atomic mass is 9.69. The fourth-order valence-corrected chi connectivity index (χ4v) is 4.21. The Kier molecular flexibility index (Phi) is 5.46. The van der Waals surface area contributed by atoms with E-state index in [1.165, 1.54) is 35.8 Å². The van der Waals surface area contributed by atoms with Crippen molar-refractivity contribution >= 4 is 5.97 Å². The number of rotatable bonds is 5. The van der Waals surface area contributed by atoms with Gasteiger partial charge in [-0.2, -0.15) is 0 Å². The van der Waals surface area contributed by atoms with E-state index in [0.717, 1.165) is 25.7 Å². The standard InChI is InChI=1S/C25H32O2/c1-6-24(2,3)22-9-7-8-18(14-22)16-25(4)13-12-19-10-11-20(23(26)27-5)15-21(19)17-25/h7-11,14-15H,6,12-13,16-17H2,1-5H3. The zero-order valence-electron chi connectivity index (χ0n) is 17.4. The Balaban J connectivity index is 1.83. The molecule has 144 valence electrons. The summed E-state index contributed by atoms with van der Waals surface area (Å²) in [6.45, 7) is 9.28. The molecule has 0 saturated heterocycles. The van der Waals surface area contributed by atoms with Gasteiger partial charge in [0.2, 0.25) is 0 Å². The zero-order chi connectivity index (χ0) is 19.7. The summed E-state index contributed by atoms with van der Waals surface area (Å²) in [5, 5.41) is 0. The van der Waals surface area contributed by atoms with Gasteiger partial charge in [-0.05, 0) is 77.3 Å². The fraction of sp³-hybridized carbons (Fsp3) is 0.480. The van der Waals surface area contributed by atoms with Crippen LogP contribution in [0, 0.1) is 5.41 Å². The van der Waals surface area contributed by atoms with Gasteiger partial charge in [0, 0.05) is 0 Å². The van der Waals surface area contributed by atoms with Crippen LogP contribution in [-0.2, 0) is 29.4 Å². The Bertz CT molecular complexity index is 834. The smallest absolute Gasteiger partial charge is 0.337 e. The molecule has 1 aliphatic rings. The van der Waals surface area contributed by atoms with Gasteiger partial charge in [0.05, 0.1) is 12.7 Å². The van der Waals surface area contributed by atoms with Crippen LogP contribution >= 0.6 is 0 Å². The van der Waals surface area contributed by atoms with Crippen molar-refractivity contribution in [3.63, 3.8) is 0 Å². The number of methoxy groups -OCH3 is 1. The van der Waals surface area contributed by atoms with Crippen LogP contribution in [0.3, 0.4) is 0 Å². The third-order valence-corrected chi connectivity index (χ3v) is 6.47. The topological polar surface area (TPSA) is 26.3 Å². The van der Waals surface area contributed by atoms with Crippen LogP contribution in [0.5, 0.6) is 0 Å². The molecule has 0 N–H and O–H groups in total. The van der Waals surface area contributed by atoms with E-state index in [0.29, 0.717) is 5.56 Å². The Labute approximate surface area is 164 Å². The van der Waals surface area contributed by atoms with E-state index >= 15 is 0 Å². The van der Waals surface area contributed by atoms with Crippen LogP contribution in [0.1, 0.15) is 73.1 Å². The molecule has 27 heavy (non-hydrogen) atoms.